The number of pyridine rings is 2. The zero-order chi connectivity index (χ0) is 16.4. The SMILES string of the molecule is CC(C)Nc1nc(C#N)cc2cnc(N[C@H]3CC[C@H](O)C3)cc12. The molecule has 0 bridgehead atoms. The predicted octanol–water partition coefficient (Wildman–Crippen LogP) is 2.65. The summed E-state index contributed by atoms with van der Waals surface area (Å²) < 4.78 is 0. The Kier molecular flexibility index (Phi) is 4.30. The minimum absolute atomic E-state index is 0.217. The van der Waals surface area contributed by atoms with E-state index in [1.54, 1.807) is 12.3 Å². The molecule has 3 rings (SSSR count). The summed E-state index contributed by atoms with van der Waals surface area (Å²) in [7, 11) is 0. The molecular formula is C17H21N5O. The van der Waals surface area contributed by atoms with E-state index >= 15 is 0 Å². The second-order valence-corrected chi connectivity index (χ2v) is 6.37. The Morgan fingerprint density at radius 3 is 2.83 bits per heavy atom. The van der Waals surface area contributed by atoms with Crippen LogP contribution in [0.4, 0.5) is 11.6 Å². The van der Waals surface area contributed by atoms with Gasteiger partial charge >= 0.3 is 0 Å². The Labute approximate surface area is 135 Å². The van der Waals surface area contributed by atoms with E-state index < -0.39 is 0 Å². The largest absolute Gasteiger partial charge is 0.393 e. The van der Waals surface area contributed by atoms with Gasteiger partial charge in [0.2, 0.25) is 0 Å². The summed E-state index contributed by atoms with van der Waals surface area (Å²) >= 11 is 0. The Hall–Kier alpha value is -2.39. The van der Waals surface area contributed by atoms with Crippen molar-refractivity contribution in [1.29, 1.82) is 5.26 Å². The monoisotopic (exact) mass is 311 g/mol. The average molecular weight is 311 g/mol. The lowest BCUT2D eigenvalue weighted by Crippen LogP contribution is -2.17. The fraction of sp³-hybridized carbons (Fsp3) is 0.471. The number of aromatic nitrogens is 2. The van der Waals surface area contributed by atoms with Gasteiger partial charge in [0.05, 0.1) is 6.10 Å². The van der Waals surface area contributed by atoms with Gasteiger partial charge in [0, 0.05) is 29.1 Å². The van der Waals surface area contributed by atoms with Crippen molar-refractivity contribution in [2.45, 2.75) is 51.3 Å². The smallest absolute Gasteiger partial charge is 0.143 e. The van der Waals surface area contributed by atoms with Crippen LogP contribution >= 0.6 is 0 Å². The molecule has 0 saturated heterocycles. The van der Waals surface area contributed by atoms with Gasteiger partial charge in [-0.3, -0.25) is 0 Å². The van der Waals surface area contributed by atoms with Crippen molar-refractivity contribution < 1.29 is 5.11 Å². The number of hydrogen-bond acceptors (Lipinski definition) is 6. The van der Waals surface area contributed by atoms with Crippen molar-refractivity contribution in [2.24, 2.45) is 0 Å². The van der Waals surface area contributed by atoms with Crippen molar-refractivity contribution >= 4 is 22.4 Å². The number of fused-ring (bicyclic) bond motifs is 1. The maximum atomic E-state index is 9.64. The maximum absolute atomic E-state index is 9.64. The fourth-order valence-corrected chi connectivity index (χ4v) is 2.96. The first-order valence-corrected chi connectivity index (χ1v) is 7.97. The molecule has 1 saturated carbocycles. The van der Waals surface area contributed by atoms with Crippen LogP contribution in [-0.4, -0.2) is 33.3 Å². The van der Waals surface area contributed by atoms with Gasteiger partial charge in [-0.05, 0) is 45.2 Å². The summed E-state index contributed by atoms with van der Waals surface area (Å²) in [5.41, 5.74) is 0.377. The molecule has 2 aromatic rings. The van der Waals surface area contributed by atoms with Gasteiger partial charge in [-0.15, -0.1) is 0 Å². The summed E-state index contributed by atoms with van der Waals surface area (Å²) in [5.74, 6) is 1.47. The van der Waals surface area contributed by atoms with Gasteiger partial charge < -0.3 is 15.7 Å². The molecule has 2 aromatic heterocycles. The van der Waals surface area contributed by atoms with Gasteiger partial charge in [0.15, 0.2) is 0 Å². The summed E-state index contributed by atoms with van der Waals surface area (Å²) in [6.45, 7) is 4.07. The third kappa shape index (κ3) is 3.51. The fourth-order valence-electron chi connectivity index (χ4n) is 2.96. The molecule has 120 valence electrons. The van der Waals surface area contributed by atoms with Crippen LogP contribution in [-0.2, 0) is 0 Å². The molecular weight excluding hydrogens is 290 g/mol. The first-order chi connectivity index (χ1) is 11.0. The van der Waals surface area contributed by atoms with E-state index in [9.17, 15) is 5.11 Å². The highest BCUT2D eigenvalue weighted by Gasteiger charge is 2.23. The number of aliphatic hydroxyl groups is 1. The lowest BCUT2D eigenvalue weighted by molar-refractivity contribution is 0.182. The Bertz CT molecular complexity index is 752. The lowest BCUT2D eigenvalue weighted by atomic mass is 10.1. The van der Waals surface area contributed by atoms with Crippen LogP contribution in [0.3, 0.4) is 0 Å². The topological polar surface area (TPSA) is 93.9 Å². The van der Waals surface area contributed by atoms with E-state index in [2.05, 4.69) is 26.7 Å². The Morgan fingerprint density at radius 2 is 2.17 bits per heavy atom. The van der Waals surface area contributed by atoms with E-state index in [-0.39, 0.29) is 18.2 Å². The van der Waals surface area contributed by atoms with E-state index in [1.807, 2.05) is 19.9 Å². The van der Waals surface area contributed by atoms with E-state index in [0.29, 0.717) is 11.5 Å². The standard InChI is InChI=1S/C17H21N5O/c1-10(2)20-17-15-7-16(21-12-3-4-14(23)6-12)19-9-11(15)5-13(8-18)22-17/h5,7,9-10,12,14,23H,3-4,6H2,1-2H3,(H,19,21)(H,20,22)/t12-,14-/m0/s1. The van der Waals surface area contributed by atoms with Gasteiger partial charge in [0.25, 0.3) is 0 Å². The molecule has 1 aliphatic carbocycles. The first kappa shape index (κ1) is 15.5. The van der Waals surface area contributed by atoms with Crippen molar-refractivity contribution in [3.8, 4) is 6.07 Å². The van der Waals surface area contributed by atoms with E-state index in [1.165, 1.54) is 0 Å². The summed E-state index contributed by atoms with van der Waals surface area (Å²) in [5, 5.41) is 27.3. The second-order valence-electron chi connectivity index (χ2n) is 6.37. The molecule has 2 heterocycles. The normalized spacial score (nSPS) is 20.7. The van der Waals surface area contributed by atoms with Gasteiger partial charge in [0.1, 0.15) is 23.4 Å². The molecule has 23 heavy (non-hydrogen) atoms. The van der Waals surface area contributed by atoms with Crippen molar-refractivity contribution in [1.82, 2.24) is 9.97 Å². The van der Waals surface area contributed by atoms with Gasteiger partial charge in [-0.25, -0.2) is 9.97 Å². The zero-order valence-electron chi connectivity index (χ0n) is 13.4. The molecule has 3 N–H and O–H groups in total. The summed E-state index contributed by atoms with van der Waals surface area (Å²) in [6.07, 6.45) is 4.08. The van der Waals surface area contributed by atoms with E-state index in [4.69, 9.17) is 5.26 Å². The Balaban J connectivity index is 1.95. The number of nitrogens with one attached hydrogen (secondary N) is 2. The minimum atomic E-state index is -0.217. The van der Waals surface area contributed by atoms with E-state index in [0.717, 1.165) is 35.9 Å². The maximum Gasteiger partial charge on any atom is 0.143 e. The van der Waals surface area contributed by atoms with Crippen LogP contribution in [0.5, 0.6) is 0 Å². The van der Waals surface area contributed by atoms with Crippen LogP contribution in [0.15, 0.2) is 18.3 Å². The minimum Gasteiger partial charge on any atom is -0.393 e. The van der Waals surface area contributed by atoms with Crippen LogP contribution in [0.2, 0.25) is 0 Å². The third-order valence-electron chi connectivity index (χ3n) is 4.01. The van der Waals surface area contributed by atoms with Crippen LogP contribution in [0.1, 0.15) is 38.8 Å². The molecule has 0 radical (unpaired) electrons. The van der Waals surface area contributed by atoms with Crippen molar-refractivity contribution in [3.63, 3.8) is 0 Å². The lowest BCUT2D eigenvalue weighted by Gasteiger charge is -2.15. The molecule has 6 heteroatoms. The molecule has 0 aliphatic heterocycles. The number of hydrogen-bond donors (Lipinski definition) is 3. The molecule has 0 spiro atoms. The Morgan fingerprint density at radius 1 is 1.35 bits per heavy atom. The number of nitrogens with zero attached hydrogens (tertiary/aromatic N) is 3. The number of anilines is 2. The molecule has 2 atom stereocenters. The van der Waals surface area contributed by atoms with Crippen LogP contribution in [0.25, 0.3) is 10.8 Å². The number of rotatable bonds is 4. The molecule has 1 aliphatic rings. The highest BCUT2D eigenvalue weighted by Crippen LogP contribution is 2.27. The average Bonchev–Trinajstić information content (AvgIpc) is 2.92. The number of aliphatic hydroxyl groups excluding tert-OH is 1. The van der Waals surface area contributed by atoms with Gasteiger partial charge in [-0.1, -0.05) is 0 Å². The zero-order valence-corrected chi connectivity index (χ0v) is 13.4. The third-order valence-corrected chi connectivity index (χ3v) is 4.01. The second kappa shape index (κ2) is 6.39. The van der Waals surface area contributed by atoms with Gasteiger partial charge in [-0.2, -0.15) is 5.26 Å². The van der Waals surface area contributed by atoms with Crippen LogP contribution < -0.4 is 10.6 Å². The van der Waals surface area contributed by atoms with Crippen molar-refractivity contribution in [3.05, 3.63) is 24.0 Å². The van der Waals surface area contributed by atoms with Crippen LogP contribution in [0, 0.1) is 11.3 Å². The molecule has 0 aromatic carbocycles. The summed E-state index contributed by atoms with van der Waals surface area (Å²) in [6, 6.07) is 6.26. The van der Waals surface area contributed by atoms with Crippen molar-refractivity contribution in [2.75, 3.05) is 10.6 Å². The molecule has 0 unspecified atom stereocenters. The highest BCUT2D eigenvalue weighted by molar-refractivity contribution is 5.93. The molecule has 1 fully saturated rings. The quantitative estimate of drug-likeness (QED) is 0.803. The molecule has 6 nitrogen and oxygen atoms in total. The number of nitriles is 1. The first-order valence-electron chi connectivity index (χ1n) is 7.97. The predicted molar refractivity (Wildman–Crippen MR) is 90.3 cm³/mol. The highest BCUT2D eigenvalue weighted by atomic mass is 16.3. The molecule has 0 amide bonds. The summed E-state index contributed by atoms with van der Waals surface area (Å²) in [4.78, 5) is 8.81.